The highest BCUT2D eigenvalue weighted by Gasteiger charge is 2.36. The number of carbonyl (C=O) groups is 1. The first-order chi connectivity index (χ1) is 7.81. The van der Waals surface area contributed by atoms with Crippen LogP contribution in [0, 0.1) is 18.3 Å². The van der Waals surface area contributed by atoms with Crippen molar-refractivity contribution in [1.82, 2.24) is 0 Å². The van der Waals surface area contributed by atoms with Crippen LogP contribution in [0.5, 0.6) is 0 Å². The lowest BCUT2D eigenvalue weighted by Gasteiger charge is -2.13. The first kappa shape index (κ1) is 13.7. The van der Waals surface area contributed by atoms with Gasteiger partial charge >= 0.3 is 6.18 Å². The second-order valence-electron chi connectivity index (χ2n) is 3.40. The summed E-state index contributed by atoms with van der Waals surface area (Å²) in [5, 5.41) is 8.54. The predicted octanol–water partition coefficient (Wildman–Crippen LogP) is 3.46. The number of nitriles is 1. The third-order valence-electron chi connectivity index (χ3n) is 2.11. The molecule has 17 heavy (non-hydrogen) atoms. The first-order valence-corrected chi connectivity index (χ1v) is 5.64. The van der Waals surface area contributed by atoms with E-state index in [-0.39, 0.29) is 10.9 Å². The van der Waals surface area contributed by atoms with Gasteiger partial charge in [0.05, 0.1) is 22.5 Å². The normalized spacial score (nSPS) is 11.1. The van der Waals surface area contributed by atoms with E-state index in [9.17, 15) is 18.0 Å². The lowest BCUT2D eigenvalue weighted by molar-refractivity contribution is -0.138. The number of Topliss-reactive ketones (excluding diaryl/α,β-unsaturated/α-hetero) is 1. The van der Waals surface area contributed by atoms with Crippen molar-refractivity contribution in [3.8, 4) is 6.07 Å². The van der Waals surface area contributed by atoms with Gasteiger partial charge in [-0.15, -0.1) is 0 Å². The van der Waals surface area contributed by atoms with E-state index >= 15 is 0 Å². The van der Waals surface area contributed by atoms with Crippen molar-refractivity contribution in [3.05, 3.63) is 34.4 Å². The second kappa shape index (κ2) is 4.88. The fourth-order valence-corrected chi connectivity index (χ4v) is 1.75. The summed E-state index contributed by atoms with van der Waals surface area (Å²) in [6.45, 7) is 1.44. The molecule has 0 saturated heterocycles. The van der Waals surface area contributed by atoms with Crippen LogP contribution in [-0.4, -0.2) is 11.1 Å². The van der Waals surface area contributed by atoms with Crippen molar-refractivity contribution >= 4 is 21.7 Å². The van der Waals surface area contributed by atoms with E-state index in [0.717, 1.165) is 6.07 Å². The number of alkyl halides is 4. The molecule has 0 aliphatic heterocycles. The van der Waals surface area contributed by atoms with Crippen LogP contribution in [0.2, 0.25) is 0 Å². The number of halogens is 4. The molecule has 6 heteroatoms. The van der Waals surface area contributed by atoms with Gasteiger partial charge in [-0.3, -0.25) is 4.79 Å². The van der Waals surface area contributed by atoms with Gasteiger partial charge in [0, 0.05) is 5.56 Å². The zero-order valence-corrected chi connectivity index (χ0v) is 10.3. The molecule has 1 aromatic rings. The highest BCUT2D eigenvalue weighted by molar-refractivity contribution is 9.09. The molecule has 0 aliphatic rings. The molecule has 0 bridgehead atoms. The summed E-state index contributed by atoms with van der Waals surface area (Å²) >= 11 is 2.81. The maximum atomic E-state index is 12.8. The highest BCUT2D eigenvalue weighted by Crippen LogP contribution is 2.34. The SMILES string of the molecule is Cc1cc(C#N)c(C(=O)CBr)c(C(F)(F)F)c1. The van der Waals surface area contributed by atoms with Crippen LogP contribution in [0.25, 0.3) is 0 Å². The lowest BCUT2D eigenvalue weighted by Crippen LogP contribution is -2.16. The number of hydrogen-bond acceptors (Lipinski definition) is 2. The van der Waals surface area contributed by atoms with E-state index in [1.807, 2.05) is 0 Å². The van der Waals surface area contributed by atoms with Crippen LogP contribution in [0.4, 0.5) is 13.2 Å². The Labute approximate surface area is 104 Å². The van der Waals surface area contributed by atoms with Crippen LogP contribution in [-0.2, 0) is 6.18 Å². The number of nitrogens with zero attached hydrogens (tertiary/aromatic N) is 1. The standard InChI is InChI=1S/C11H7BrF3NO/c1-6-2-7(5-16)10(9(17)4-12)8(3-6)11(13,14)15/h2-3H,4H2,1H3. The van der Waals surface area contributed by atoms with Crippen LogP contribution in [0.1, 0.15) is 27.0 Å². The maximum absolute atomic E-state index is 12.8. The van der Waals surface area contributed by atoms with Crippen LogP contribution < -0.4 is 0 Å². The minimum atomic E-state index is -4.65. The molecule has 0 radical (unpaired) electrons. The summed E-state index contributed by atoms with van der Waals surface area (Å²) in [5.74, 6) is -0.756. The van der Waals surface area contributed by atoms with Gasteiger partial charge in [0.2, 0.25) is 0 Å². The zero-order chi connectivity index (χ0) is 13.2. The van der Waals surface area contributed by atoms with Crippen molar-refractivity contribution in [2.24, 2.45) is 0 Å². The number of ketones is 1. The molecule has 0 aliphatic carbocycles. The fourth-order valence-electron chi connectivity index (χ4n) is 1.47. The number of rotatable bonds is 2. The largest absolute Gasteiger partial charge is 0.417 e. The molecule has 0 heterocycles. The quantitative estimate of drug-likeness (QED) is 0.620. The number of aryl methyl sites for hydroxylation is 1. The summed E-state index contributed by atoms with van der Waals surface area (Å²) in [4.78, 5) is 11.5. The molecule has 2 nitrogen and oxygen atoms in total. The highest BCUT2D eigenvalue weighted by atomic mass is 79.9. The Balaban J connectivity index is 3.63. The number of benzene rings is 1. The van der Waals surface area contributed by atoms with Crippen molar-refractivity contribution in [3.63, 3.8) is 0 Å². The molecule has 0 unspecified atom stereocenters. The van der Waals surface area contributed by atoms with Crippen LogP contribution in [0.3, 0.4) is 0 Å². The Hall–Kier alpha value is -1.35. The molecular weight excluding hydrogens is 299 g/mol. The molecule has 1 aromatic carbocycles. The van der Waals surface area contributed by atoms with E-state index in [4.69, 9.17) is 5.26 Å². The molecule has 90 valence electrons. The molecule has 0 N–H and O–H groups in total. The predicted molar refractivity (Wildman–Crippen MR) is 59.0 cm³/mol. The molecule has 0 fully saturated rings. The fraction of sp³-hybridized carbons (Fsp3) is 0.273. The first-order valence-electron chi connectivity index (χ1n) is 4.52. The molecule has 0 amide bonds. The third kappa shape index (κ3) is 2.86. The monoisotopic (exact) mass is 305 g/mol. The minimum Gasteiger partial charge on any atom is -0.293 e. The lowest BCUT2D eigenvalue weighted by atomic mass is 9.95. The Morgan fingerprint density at radius 3 is 2.47 bits per heavy atom. The van der Waals surface area contributed by atoms with Crippen LogP contribution >= 0.6 is 15.9 Å². The Morgan fingerprint density at radius 1 is 1.47 bits per heavy atom. The zero-order valence-electron chi connectivity index (χ0n) is 8.73. The average molecular weight is 306 g/mol. The van der Waals surface area contributed by atoms with Crippen molar-refractivity contribution in [2.75, 3.05) is 5.33 Å². The van der Waals surface area contributed by atoms with E-state index in [1.54, 1.807) is 6.07 Å². The minimum absolute atomic E-state index is 0.248. The molecule has 0 atom stereocenters. The second-order valence-corrected chi connectivity index (χ2v) is 3.96. The molecular formula is C11H7BrF3NO. The van der Waals surface area contributed by atoms with E-state index < -0.39 is 23.1 Å². The summed E-state index contributed by atoms with van der Waals surface area (Å²) in [7, 11) is 0. The van der Waals surface area contributed by atoms with Gasteiger partial charge in [-0.25, -0.2) is 0 Å². The third-order valence-corrected chi connectivity index (χ3v) is 2.62. The van der Waals surface area contributed by atoms with Gasteiger partial charge in [0.25, 0.3) is 0 Å². The molecule has 1 rings (SSSR count). The average Bonchev–Trinajstić information content (AvgIpc) is 2.25. The van der Waals surface area contributed by atoms with E-state index in [0.29, 0.717) is 5.56 Å². The Bertz CT molecular complexity index is 503. The van der Waals surface area contributed by atoms with Gasteiger partial charge in [0.1, 0.15) is 0 Å². The summed E-state index contributed by atoms with van der Waals surface area (Å²) in [6, 6.07) is 3.76. The van der Waals surface area contributed by atoms with Crippen molar-refractivity contribution < 1.29 is 18.0 Å². The van der Waals surface area contributed by atoms with Crippen LogP contribution in [0.15, 0.2) is 12.1 Å². The van der Waals surface area contributed by atoms with Gasteiger partial charge < -0.3 is 0 Å². The van der Waals surface area contributed by atoms with E-state index in [1.165, 1.54) is 13.0 Å². The molecule has 0 aromatic heterocycles. The number of carbonyl (C=O) groups excluding carboxylic acids is 1. The van der Waals surface area contributed by atoms with Crippen molar-refractivity contribution in [2.45, 2.75) is 13.1 Å². The van der Waals surface area contributed by atoms with Gasteiger partial charge in [-0.1, -0.05) is 15.9 Å². The summed E-state index contributed by atoms with van der Waals surface area (Å²) < 4.78 is 38.3. The molecule has 0 saturated carbocycles. The number of hydrogen-bond donors (Lipinski definition) is 0. The maximum Gasteiger partial charge on any atom is 0.417 e. The smallest absolute Gasteiger partial charge is 0.293 e. The molecule has 0 spiro atoms. The topological polar surface area (TPSA) is 40.9 Å². The van der Waals surface area contributed by atoms with Gasteiger partial charge in [-0.05, 0) is 24.6 Å². The van der Waals surface area contributed by atoms with Crippen molar-refractivity contribution in [1.29, 1.82) is 5.26 Å². The Morgan fingerprint density at radius 2 is 2.06 bits per heavy atom. The summed E-state index contributed by atoms with van der Waals surface area (Å²) in [6.07, 6.45) is -4.65. The Kier molecular flexibility index (Phi) is 3.94. The summed E-state index contributed by atoms with van der Waals surface area (Å²) in [5.41, 5.74) is -1.58. The van der Waals surface area contributed by atoms with Gasteiger partial charge in [0.15, 0.2) is 5.78 Å². The van der Waals surface area contributed by atoms with E-state index in [2.05, 4.69) is 15.9 Å². The van der Waals surface area contributed by atoms with Gasteiger partial charge in [-0.2, -0.15) is 18.4 Å².